The smallest absolute Gasteiger partial charge is 0.254 e. The van der Waals surface area contributed by atoms with E-state index >= 15 is 0 Å². The van der Waals surface area contributed by atoms with Crippen LogP contribution in [0.5, 0.6) is 0 Å². The molecular weight excluding hydrogens is 324 g/mol. The first-order chi connectivity index (χ1) is 11.4. The van der Waals surface area contributed by atoms with E-state index in [2.05, 4.69) is 0 Å². The predicted octanol–water partition coefficient (Wildman–Crippen LogP) is 2.73. The summed E-state index contributed by atoms with van der Waals surface area (Å²) in [5.41, 5.74) is 0.581. The first-order valence-corrected chi connectivity index (χ1v) is 10.2. The second-order valence-electron chi connectivity index (χ2n) is 7.06. The average molecular weight is 350 g/mol. The maximum Gasteiger partial charge on any atom is 0.254 e. The van der Waals surface area contributed by atoms with Crippen LogP contribution in [0, 0.1) is 5.92 Å². The highest BCUT2D eigenvalue weighted by molar-refractivity contribution is 7.89. The summed E-state index contributed by atoms with van der Waals surface area (Å²) in [5, 5.41) is 0. The number of nitrogens with zero attached hydrogens (tertiary/aromatic N) is 2. The summed E-state index contributed by atoms with van der Waals surface area (Å²) in [6.07, 6.45) is 7.19. The quantitative estimate of drug-likeness (QED) is 0.839. The van der Waals surface area contributed by atoms with Crippen molar-refractivity contribution < 1.29 is 13.2 Å². The molecule has 2 fully saturated rings. The minimum absolute atomic E-state index is 0.0400. The lowest BCUT2D eigenvalue weighted by Crippen LogP contribution is -2.39. The summed E-state index contributed by atoms with van der Waals surface area (Å²) in [7, 11) is -0.444. The number of hydrogen-bond donors (Lipinski definition) is 0. The summed E-state index contributed by atoms with van der Waals surface area (Å²) in [6.45, 7) is 0.817. The van der Waals surface area contributed by atoms with Gasteiger partial charge in [0.15, 0.2) is 0 Å². The molecule has 0 unspecified atom stereocenters. The number of likely N-dealkylation sites (tertiary alicyclic amines) is 1. The van der Waals surface area contributed by atoms with Gasteiger partial charge in [-0.15, -0.1) is 0 Å². The van der Waals surface area contributed by atoms with Crippen LogP contribution in [0.2, 0.25) is 0 Å². The van der Waals surface area contributed by atoms with E-state index in [1.165, 1.54) is 56.2 Å². The van der Waals surface area contributed by atoms with Gasteiger partial charge in [0.2, 0.25) is 10.0 Å². The molecule has 24 heavy (non-hydrogen) atoms. The number of benzene rings is 1. The van der Waals surface area contributed by atoms with Crippen LogP contribution < -0.4 is 0 Å². The fourth-order valence-corrected chi connectivity index (χ4v) is 4.92. The molecular formula is C18H26N2O3S. The molecule has 132 valence electrons. The molecule has 0 aromatic heterocycles. The largest absolute Gasteiger partial charge is 0.335 e. The second kappa shape index (κ2) is 6.84. The molecule has 0 N–H and O–H groups in total. The molecule has 2 aliphatic rings. The first kappa shape index (κ1) is 17.4. The molecule has 3 rings (SSSR count). The van der Waals surface area contributed by atoms with Gasteiger partial charge >= 0.3 is 0 Å². The van der Waals surface area contributed by atoms with Gasteiger partial charge < -0.3 is 4.90 Å². The molecule has 1 aromatic carbocycles. The number of carbonyl (C=O) groups excluding carboxylic acids is 1. The summed E-state index contributed by atoms with van der Waals surface area (Å²) in [4.78, 5) is 15.1. The average Bonchev–Trinajstić information content (AvgIpc) is 3.24. The van der Waals surface area contributed by atoms with Gasteiger partial charge in [-0.3, -0.25) is 4.79 Å². The highest BCUT2D eigenvalue weighted by Crippen LogP contribution is 2.36. The van der Waals surface area contributed by atoms with Gasteiger partial charge in [-0.1, -0.05) is 12.8 Å². The van der Waals surface area contributed by atoms with E-state index in [0.717, 1.165) is 19.4 Å². The van der Waals surface area contributed by atoms with Gasteiger partial charge in [0, 0.05) is 32.2 Å². The second-order valence-corrected chi connectivity index (χ2v) is 9.22. The monoisotopic (exact) mass is 350 g/mol. The summed E-state index contributed by atoms with van der Waals surface area (Å²) in [6, 6.07) is 6.71. The molecule has 1 atom stereocenters. The fraction of sp³-hybridized carbons (Fsp3) is 0.611. The van der Waals surface area contributed by atoms with E-state index in [4.69, 9.17) is 0 Å². The molecule has 0 bridgehead atoms. The molecule has 1 aromatic rings. The molecule has 1 saturated carbocycles. The molecule has 5 nitrogen and oxygen atoms in total. The lowest BCUT2D eigenvalue weighted by molar-refractivity contribution is 0.0689. The number of hydrogen-bond acceptors (Lipinski definition) is 3. The minimum Gasteiger partial charge on any atom is -0.335 e. The van der Waals surface area contributed by atoms with Crippen molar-refractivity contribution in [2.75, 3.05) is 20.6 Å². The van der Waals surface area contributed by atoms with Gasteiger partial charge in [0.1, 0.15) is 0 Å². The van der Waals surface area contributed by atoms with Crippen molar-refractivity contribution in [2.24, 2.45) is 5.92 Å². The maximum atomic E-state index is 12.9. The molecule has 1 saturated heterocycles. The van der Waals surface area contributed by atoms with Crippen LogP contribution in [-0.4, -0.2) is 50.2 Å². The van der Waals surface area contributed by atoms with Crippen molar-refractivity contribution in [3.63, 3.8) is 0 Å². The minimum atomic E-state index is -3.45. The molecule has 1 heterocycles. The fourth-order valence-electron chi connectivity index (χ4n) is 4.02. The van der Waals surface area contributed by atoms with E-state index in [1.807, 2.05) is 4.90 Å². The third-order valence-corrected chi connectivity index (χ3v) is 7.21. The van der Waals surface area contributed by atoms with E-state index in [9.17, 15) is 13.2 Å². The van der Waals surface area contributed by atoms with E-state index in [1.54, 1.807) is 12.1 Å². The standard InChI is InChI=1S/C18H26N2O3S/c1-19(2)24(22,23)16-11-9-15(10-12-16)18(21)20-13-5-8-17(20)14-6-3-4-7-14/h9-12,14,17H,3-8,13H2,1-2H3/t17-/m1/s1. The molecule has 6 heteroatoms. The van der Waals surface area contributed by atoms with E-state index < -0.39 is 10.0 Å². The van der Waals surface area contributed by atoms with Crippen molar-refractivity contribution in [3.8, 4) is 0 Å². The third-order valence-electron chi connectivity index (χ3n) is 5.38. The Labute approximate surface area is 144 Å². The maximum absolute atomic E-state index is 12.9. The van der Waals surface area contributed by atoms with Gasteiger partial charge in [0.25, 0.3) is 5.91 Å². The van der Waals surface area contributed by atoms with Crippen LogP contribution in [0.15, 0.2) is 29.2 Å². The Morgan fingerprint density at radius 1 is 1.04 bits per heavy atom. The van der Waals surface area contributed by atoms with Crippen molar-refractivity contribution in [1.29, 1.82) is 0 Å². The van der Waals surface area contributed by atoms with Gasteiger partial charge in [-0.2, -0.15) is 0 Å². The molecule has 1 amide bonds. The highest BCUT2D eigenvalue weighted by atomic mass is 32.2. The van der Waals surface area contributed by atoms with Crippen LogP contribution in [0.1, 0.15) is 48.9 Å². The van der Waals surface area contributed by atoms with Gasteiger partial charge in [-0.25, -0.2) is 12.7 Å². The van der Waals surface area contributed by atoms with Crippen molar-refractivity contribution >= 4 is 15.9 Å². The number of amides is 1. The van der Waals surface area contributed by atoms with Crippen LogP contribution in [0.4, 0.5) is 0 Å². The number of sulfonamides is 1. The van der Waals surface area contributed by atoms with Crippen molar-refractivity contribution in [2.45, 2.75) is 49.5 Å². The van der Waals surface area contributed by atoms with Crippen LogP contribution >= 0.6 is 0 Å². The van der Waals surface area contributed by atoms with Crippen molar-refractivity contribution in [3.05, 3.63) is 29.8 Å². The molecule has 1 aliphatic carbocycles. The Morgan fingerprint density at radius 3 is 2.25 bits per heavy atom. The Hall–Kier alpha value is -1.40. The number of carbonyl (C=O) groups is 1. The normalized spacial score (nSPS) is 22.5. The summed E-state index contributed by atoms with van der Waals surface area (Å²) in [5.74, 6) is 0.683. The zero-order valence-electron chi connectivity index (χ0n) is 14.4. The number of rotatable bonds is 4. The zero-order chi connectivity index (χ0) is 17.3. The highest BCUT2D eigenvalue weighted by Gasteiger charge is 2.36. The third kappa shape index (κ3) is 3.22. The van der Waals surface area contributed by atoms with Gasteiger partial charge in [-0.05, 0) is 55.9 Å². The SMILES string of the molecule is CN(C)S(=O)(=O)c1ccc(C(=O)N2CCC[C@@H]2C2CCCC2)cc1. The topological polar surface area (TPSA) is 57.7 Å². The summed E-state index contributed by atoms with van der Waals surface area (Å²) < 4.78 is 25.4. The Balaban J connectivity index is 1.77. The van der Waals surface area contributed by atoms with Gasteiger partial charge in [0.05, 0.1) is 4.90 Å². The molecule has 0 radical (unpaired) electrons. The van der Waals surface area contributed by atoms with Crippen LogP contribution in [0.3, 0.4) is 0 Å². The molecule has 0 spiro atoms. The Bertz CT molecular complexity index is 691. The first-order valence-electron chi connectivity index (χ1n) is 8.75. The zero-order valence-corrected chi connectivity index (χ0v) is 15.3. The Kier molecular flexibility index (Phi) is 4.97. The Morgan fingerprint density at radius 2 is 1.67 bits per heavy atom. The van der Waals surface area contributed by atoms with Crippen molar-refractivity contribution in [1.82, 2.24) is 9.21 Å². The van der Waals surface area contributed by atoms with E-state index in [0.29, 0.717) is 17.5 Å². The van der Waals surface area contributed by atoms with E-state index in [-0.39, 0.29) is 10.8 Å². The van der Waals surface area contributed by atoms with Crippen LogP contribution in [0.25, 0.3) is 0 Å². The molecule has 1 aliphatic heterocycles. The lowest BCUT2D eigenvalue weighted by Gasteiger charge is -2.29. The summed E-state index contributed by atoms with van der Waals surface area (Å²) >= 11 is 0. The lowest BCUT2D eigenvalue weighted by atomic mass is 9.95. The predicted molar refractivity (Wildman–Crippen MR) is 93.3 cm³/mol. The van der Waals surface area contributed by atoms with Crippen LogP contribution in [-0.2, 0) is 10.0 Å².